The summed E-state index contributed by atoms with van der Waals surface area (Å²) < 4.78 is 52.3. The van der Waals surface area contributed by atoms with Crippen LogP contribution in [0.2, 0.25) is 0 Å². The van der Waals surface area contributed by atoms with Gasteiger partial charge >= 0.3 is 0 Å². The standard InChI is InChI=1S/C31H37N3O6S/c1-7-11-25-17-28(30(37-6)21(4)32-25)39-18-23-14-15-26(24(16-23)19-38-8-2)27-12-9-10-13-29(27)41(35,36)34-31-20(3)22(5)40-33-31/h9-10,12-17H,7-8,11,18-19H2,1-6H3,(H,33,34). The molecule has 218 valence electrons. The van der Waals surface area contributed by atoms with Crippen LogP contribution in [0, 0.1) is 20.8 Å². The Morgan fingerprint density at radius 1 is 0.976 bits per heavy atom. The summed E-state index contributed by atoms with van der Waals surface area (Å²) in [6.45, 7) is 10.5. The van der Waals surface area contributed by atoms with Crippen molar-refractivity contribution in [2.24, 2.45) is 0 Å². The lowest BCUT2D eigenvalue weighted by Crippen LogP contribution is -2.15. The second-order valence-corrected chi connectivity index (χ2v) is 11.4. The number of pyridine rings is 1. The lowest BCUT2D eigenvalue weighted by atomic mass is 9.98. The SMILES string of the molecule is CCCc1cc(OCc2ccc(-c3ccccc3S(=O)(=O)Nc3noc(C)c3C)c(COCC)c2)c(OC)c(C)n1. The maximum absolute atomic E-state index is 13.5. The first-order valence-corrected chi connectivity index (χ1v) is 15.1. The zero-order valence-electron chi connectivity index (χ0n) is 24.4. The Labute approximate surface area is 241 Å². The van der Waals surface area contributed by atoms with E-state index in [1.165, 1.54) is 0 Å². The number of rotatable bonds is 13. The summed E-state index contributed by atoms with van der Waals surface area (Å²) in [6, 6.07) is 14.6. The largest absolute Gasteiger partial charge is 0.491 e. The number of aryl methyl sites for hydroxylation is 3. The quantitative estimate of drug-likeness (QED) is 0.190. The fraction of sp³-hybridized carbons (Fsp3) is 0.355. The molecule has 41 heavy (non-hydrogen) atoms. The van der Waals surface area contributed by atoms with E-state index < -0.39 is 10.0 Å². The number of nitrogens with one attached hydrogen (secondary N) is 1. The van der Waals surface area contributed by atoms with Crippen molar-refractivity contribution in [1.29, 1.82) is 0 Å². The molecule has 0 aliphatic rings. The minimum absolute atomic E-state index is 0.127. The summed E-state index contributed by atoms with van der Waals surface area (Å²) in [7, 11) is -2.37. The molecule has 4 rings (SSSR count). The van der Waals surface area contributed by atoms with Gasteiger partial charge in [0.05, 0.1) is 24.3 Å². The van der Waals surface area contributed by atoms with Crippen molar-refractivity contribution >= 4 is 15.8 Å². The smallest absolute Gasteiger partial charge is 0.263 e. The Kier molecular flexibility index (Phi) is 9.67. The summed E-state index contributed by atoms with van der Waals surface area (Å²) >= 11 is 0. The van der Waals surface area contributed by atoms with Crippen LogP contribution >= 0.6 is 0 Å². The molecule has 4 aromatic rings. The number of nitrogens with zero attached hydrogens (tertiary/aromatic N) is 2. The van der Waals surface area contributed by atoms with Gasteiger partial charge in [-0.25, -0.2) is 8.42 Å². The molecule has 9 nitrogen and oxygen atoms in total. The Hall–Kier alpha value is -3.89. The fourth-order valence-corrected chi connectivity index (χ4v) is 5.82. The van der Waals surface area contributed by atoms with Crippen LogP contribution in [0.5, 0.6) is 11.5 Å². The van der Waals surface area contributed by atoms with E-state index in [1.807, 2.05) is 44.2 Å². The van der Waals surface area contributed by atoms with E-state index in [0.29, 0.717) is 41.6 Å². The molecule has 0 unspecified atom stereocenters. The van der Waals surface area contributed by atoms with Crippen LogP contribution in [0.15, 0.2) is 57.9 Å². The summed E-state index contributed by atoms with van der Waals surface area (Å²) in [5, 5.41) is 3.86. The number of benzene rings is 2. The van der Waals surface area contributed by atoms with Crippen molar-refractivity contribution in [1.82, 2.24) is 10.1 Å². The van der Waals surface area contributed by atoms with Crippen LogP contribution in [0.1, 0.15) is 54.1 Å². The van der Waals surface area contributed by atoms with Crippen LogP contribution < -0.4 is 14.2 Å². The minimum atomic E-state index is -3.97. The molecule has 2 aromatic carbocycles. The summed E-state index contributed by atoms with van der Waals surface area (Å²) in [5.41, 5.74) is 5.42. The van der Waals surface area contributed by atoms with Gasteiger partial charge in [0.1, 0.15) is 12.4 Å². The van der Waals surface area contributed by atoms with Crippen molar-refractivity contribution in [3.05, 3.63) is 82.4 Å². The van der Waals surface area contributed by atoms with Crippen LogP contribution in [-0.2, 0) is 34.4 Å². The average molecular weight is 580 g/mol. The molecular formula is C31H37N3O6S. The van der Waals surface area contributed by atoms with Gasteiger partial charge in [-0.2, -0.15) is 0 Å². The van der Waals surface area contributed by atoms with Gasteiger partial charge < -0.3 is 18.7 Å². The molecule has 0 atom stereocenters. The summed E-state index contributed by atoms with van der Waals surface area (Å²) in [5.74, 6) is 1.97. The van der Waals surface area contributed by atoms with Gasteiger partial charge in [-0.05, 0) is 62.9 Å². The maximum atomic E-state index is 13.5. The van der Waals surface area contributed by atoms with Gasteiger partial charge in [-0.3, -0.25) is 9.71 Å². The third kappa shape index (κ3) is 6.89. The Morgan fingerprint density at radius 2 is 1.76 bits per heavy atom. The molecule has 2 aromatic heterocycles. The monoisotopic (exact) mass is 579 g/mol. The van der Waals surface area contributed by atoms with Crippen molar-refractivity contribution in [3.63, 3.8) is 0 Å². The number of sulfonamides is 1. The van der Waals surface area contributed by atoms with E-state index in [-0.39, 0.29) is 17.3 Å². The van der Waals surface area contributed by atoms with E-state index >= 15 is 0 Å². The van der Waals surface area contributed by atoms with E-state index in [1.54, 1.807) is 39.2 Å². The number of ether oxygens (including phenoxy) is 3. The van der Waals surface area contributed by atoms with Crippen molar-refractivity contribution < 1.29 is 27.2 Å². The second-order valence-electron chi connectivity index (χ2n) is 9.71. The average Bonchev–Trinajstić information content (AvgIpc) is 3.26. The Bertz CT molecular complexity index is 1610. The highest BCUT2D eigenvalue weighted by molar-refractivity contribution is 7.92. The predicted molar refractivity (Wildman–Crippen MR) is 158 cm³/mol. The van der Waals surface area contributed by atoms with Crippen molar-refractivity contribution in [3.8, 4) is 22.6 Å². The molecule has 0 aliphatic carbocycles. The molecule has 0 bridgehead atoms. The lowest BCUT2D eigenvalue weighted by Gasteiger charge is -2.17. The Morgan fingerprint density at radius 3 is 2.44 bits per heavy atom. The number of hydrogen-bond donors (Lipinski definition) is 1. The minimum Gasteiger partial charge on any atom is -0.491 e. The molecule has 0 spiro atoms. The number of methoxy groups -OCH3 is 1. The molecule has 10 heteroatoms. The molecule has 2 heterocycles. The van der Waals surface area contributed by atoms with Crippen LogP contribution in [0.25, 0.3) is 11.1 Å². The molecule has 1 N–H and O–H groups in total. The third-order valence-electron chi connectivity index (χ3n) is 6.75. The van der Waals surface area contributed by atoms with Gasteiger partial charge in [0.2, 0.25) is 0 Å². The zero-order valence-corrected chi connectivity index (χ0v) is 25.2. The van der Waals surface area contributed by atoms with Crippen molar-refractivity contribution in [2.75, 3.05) is 18.4 Å². The number of aromatic nitrogens is 2. The second kappa shape index (κ2) is 13.2. The summed E-state index contributed by atoms with van der Waals surface area (Å²) in [4.78, 5) is 4.74. The first kappa shape index (κ1) is 30.1. The molecule has 0 fully saturated rings. The number of hydrogen-bond acceptors (Lipinski definition) is 8. The van der Waals surface area contributed by atoms with E-state index in [9.17, 15) is 8.42 Å². The highest BCUT2D eigenvalue weighted by atomic mass is 32.2. The van der Waals surface area contributed by atoms with Gasteiger partial charge in [0, 0.05) is 29.5 Å². The third-order valence-corrected chi connectivity index (χ3v) is 8.15. The number of anilines is 1. The van der Waals surface area contributed by atoms with Crippen LogP contribution in [0.3, 0.4) is 0 Å². The highest BCUT2D eigenvalue weighted by Crippen LogP contribution is 2.34. The first-order chi connectivity index (χ1) is 19.7. The topological polar surface area (TPSA) is 113 Å². The molecular weight excluding hydrogens is 542 g/mol. The van der Waals surface area contributed by atoms with E-state index in [2.05, 4.69) is 21.8 Å². The van der Waals surface area contributed by atoms with Gasteiger partial charge in [0.15, 0.2) is 17.3 Å². The summed E-state index contributed by atoms with van der Waals surface area (Å²) in [6.07, 6.45) is 1.83. The Balaban J connectivity index is 1.68. The fourth-order valence-electron chi connectivity index (χ4n) is 4.54. The van der Waals surface area contributed by atoms with Crippen molar-refractivity contribution in [2.45, 2.75) is 65.6 Å². The predicted octanol–water partition coefficient (Wildman–Crippen LogP) is 6.54. The maximum Gasteiger partial charge on any atom is 0.263 e. The van der Waals surface area contributed by atoms with Gasteiger partial charge in [-0.1, -0.05) is 48.8 Å². The van der Waals surface area contributed by atoms with Crippen LogP contribution in [0.4, 0.5) is 5.82 Å². The molecule has 0 saturated heterocycles. The van der Waals surface area contributed by atoms with Crippen LogP contribution in [-0.4, -0.2) is 32.3 Å². The van der Waals surface area contributed by atoms with Gasteiger partial charge in [0.25, 0.3) is 10.0 Å². The lowest BCUT2D eigenvalue weighted by molar-refractivity contribution is 0.134. The first-order valence-electron chi connectivity index (χ1n) is 13.6. The zero-order chi connectivity index (χ0) is 29.6. The highest BCUT2D eigenvalue weighted by Gasteiger charge is 2.23. The van der Waals surface area contributed by atoms with E-state index in [0.717, 1.165) is 40.9 Å². The van der Waals surface area contributed by atoms with E-state index in [4.69, 9.17) is 18.7 Å². The molecule has 0 saturated carbocycles. The molecule has 0 aliphatic heterocycles. The molecule has 0 amide bonds. The normalized spacial score (nSPS) is 11.5. The molecule has 0 radical (unpaired) electrons. The van der Waals surface area contributed by atoms with Gasteiger partial charge in [-0.15, -0.1) is 0 Å².